The van der Waals surface area contributed by atoms with Gasteiger partial charge in [0.15, 0.2) is 5.96 Å². The van der Waals surface area contributed by atoms with E-state index < -0.39 is 10.0 Å². The lowest BCUT2D eigenvalue weighted by molar-refractivity contribution is 0.306. The topological polar surface area (TPSA) is 91.1 Å². The van der Waals surface area contributed by atoms with Crippen LogP contribution in [-0.2, 0) is 16.6 Å². The van der Waals surface area contributed by atoms with Crippen molar-refractivity contribution >= 4 is 45.6 Å². The van der Waals surface area contributed by atoms with Crippen molar-refractivity contribution in [3.05, 3.63) is 35.8 Å². The molecule has 0 amide bonds. The molecule has 2 aromatic rings. The van der Waals surface area contributed by atoms with E-state index in [1.807, 2.05) is 25.3 Å². The monoisotopic (exact) mass is 534 g/mol. The van der Waals surface area contributed by atoms with Crippen molar-refractivity contribution in [2.45, 2.75) is 45.7 Å². The van der Waals surface area contributed by atoms with Gasteiger partial charge in [-0.15, -0.1) is 24.0 Å². The molecule has 0 unspecified atom stereocenters. The summed E-state index contributed by atoms with van der Waals surface area (Å²) in [6.07, 6.45) is 4.23. The summed E-state index contributed by atoms with van der Waals surface area (Å²) in [4.78, 5) is 8.92. The van der Waals surface area contributed by atoms with Crippen LogP contribution >= 0.6 is 24.0 Å². The maximum absolute atomic E-state index is 12.2. The molecule has 2 aromatic heterocycles. The minimum absolute atomic E-state index is 0. The molecule has 0 spiro atoms. The molecule has 1 fully saturated rings. The minimum Gasteiger partial charge on any atom is -0.354 e. The lowest BCUT2D eigenvalue weighted by Gasteiger charge is -2.32. The van der Waals surface area contributed by atoms with Crippen molar-refractivity contribution < 1.29 is 8.42 Å². The van der Waals surface area contributed by atoms with E-state index in [0.717, 1.165) is 29.9 Å². The van der Waals surface area contributed by atoms with Crippen LogP contribution in [0.3, 0.4) is 0 Å². The normalized spacial score (nSPS) is 16.6. The third-order valence-corrected chi connectivity index (χ3v) is 7.13. The van der Waals surface area contributed by atoms with Gasteiger partial charge in [0.2, 0.25) is 10.0 Å². The van der Waals surface area contributed by atoms with Gasteiger partial charge in [-0.1, -0.05) is 13.0 Å². The third kappa shape index (κ3) is 6.05. The molecular weight excluding hydrogens is 503 g/mol. The van der Waals surface area contributed by atoms with Crippen LogP contribution in [0.15, 0.2) is 29.4 Å². The van der Waals surface area contributed by atoms with Crippen molar-refractivity contribution in [2.75, 3.05) is 25.9 Å². The number of halogens is 1. The first-order valence-electron chi connectivity index (χ1n) is 9.81. The Morgan fingerprint density at radius 3 is 2.66 bits per heavy atom. The van der Waals surface area contributed by atoms with E-state index in [2.05, 4.69) is 38.0 Å². The Hall–Kier alpha value is -1.40. The van der Waals surface area contributed by atoms with Crippen LogP contribution in [0.4, 0.5) is 0 Å². The van der Waals surface area contributed by atoms with Crippen molar-refractivity contribution in [3.8, 4) is 0 Å². The molecule has 0 saturated carbocycles. The van der Waals surface area contributed by atoms with Gasteiger partial charge in [0.25, 0.3) is 0 Å². The highest BCUT2D eigenvalue weighted by Gasteiger charge is 2.27. The van der Waals surface area contributed by atoms with Gasteiger partial charge in [-0.25, -0.2) is 17.7 Å². The maximum Gasteiger partial charge on any atom is 0.214 e. The summed E-state index contributed by atoms with van der Waals surface area (Å²) in [6, 6.07) is 6.26. The van der Waals surface area contributed by atoms with Gasteiger partial charge < -0.3 is 15.0 Å². The lowest BCUT2D eigenvalue weighted by Crippen LogP contribution is -2.49. The molecule has 1 aliphatic rings. The second-order valence-electron chi connectivity index (χ2n) is 7.19. The Morgan fingerprint density at radius 2 is 2.03 bits per heavy atom. The highest BCUT2D eigenvalue weighted by atomic mass is 127. The smallest absolute Gasteiger partial charge is 0.214 e. The van der Waals surface area contributed by atoms with Crippen molar-refractivity contribution in [1.82, 2.24) is 24.3 Å². The summed E-state index contributed by atoms with van der Waals surface area (Å²) in [7, 11) is -1.36. The number of nitrogens with one attached hydrogen (secondary N) is 2. The van der Waals surface area contributed by atoms with E-state index in [9.17, 15) is 8.42 Å². The molecule has 0 radical (unpaired) electrons. The summed E-state index contributed by atoms with van der Waals surface area (Å²) >= 11 is 0. The molecule has 0 bridgehead atoms. The van der Waals surface area contributed by atoms with E-state index in [1.54, 1.807) is 11.4 Å². The van der Waals surface area contributed by atoms with E-state index in [-0.39, 0.29) is 35.8 Å². The van der Waals surface area contributed by atoms with Crippen molar-refractivity contribution in [2.24, 2.45) is 4.99 Å². The van der Waals surface area contributed by atoms with Crippen LogP contribution in [0.1, 0.15) is 37.6 Å². The van der Waals surface area contributed by atoms with Gasteiger partial charge in [0.1, 0.15) is 5.65 Å². The van der Waals surface area contributed by atoms with E-state index in [1.165, 1.54) is 0 Å². The number of aliphatic imine (C=N–C) groups is 1. The Balaban J connectivity index is 0.00000300. The average molecular weight is 534 g/mol. The fraction of sp³-hybridized carbons (Fsp3) is 0.579. The number of imidazole rings is 1. The van der Waals surface area contributed by atoms with Crippen LogP contribution in [0.25, 0.3) is 5.65 Å². The largest absolute Gasteiger partial charge is 0.354 e. The molecule has 8 nitrogen and oxygen atoms in total. The zero-order chi connectivity index (χ0) is 20.1. The second-order valence-corrected chi connectivity index (χ2v) is 9.28. The molecule has 29 heavy (non-hydrogen) atoms. The summed E-state index contributed by atoms with van der Waals surface area (Å²) in [5, 5.41) is 6.71. The van der Waals surface area contributed by atoms with Crippen LogP contribution < -0.4 is 10.6 Å². The molecule has 0 aliphatic carbocycles. The Kier molecular flexibility index (Phi) is 8.71. The average Bonchev–Trinajstić information content (AvgIpc) is 3.10. The van der Waals surface area contributed by atoms with Gasteiger partial charge >= 0.3 is 0 Å². The van der Waals surface area contributed by atoms with E-state index >= 15 is 0 Å². The third-order valence-electron chi connectivity index (χ3n) is 5.06. The molecule has 1 saturated heterocycles. The predicted octanol–water partition coefficient (Wildman–Crippen LogP) is 2.13. The molecule has 0 aromatic carbocycles. The minimum atomic E-state index is -3.10. The first-order chi connectivity index (χ1) is 13.4. The number of pyridine rings is 1. The predicted molar refractivity (Wildman–Crippen MR) is 127 cm³/mol. The Morgan fingerprint density at radius 1 is 1.31 bits per heavy atom. The maximum atomic E-state index is 12.2. The first kappa shape index (κ1) is 23.9. The SMILES string of the molecule is CCCS(=O)(=O)N1CCC(NC(=NC)NCc2cn3c(C)cccc3n2)CC1.I. The fourth-order valence-corrected chi connectivity index (χ4v) is 5.05. The molecule has 1 aliphatic heterocycles. The molecule has 162 valence electrons. The van der Waals surface area contributed by atoms with Gasteiger partial charge in [-0.3, -0.25) is 4.99 Å². The number of sulfonamides is 1. The quantitative estimate of drug-likeness (QED) is 0.337. The number of guanidine groups is 1. The molecular formula is C19H31IN6O2S. The number of aryl methyl sites for hydroxylation is 1. The van der Waals surface area contributed by atoms with Gasteiger partial charge in [0, 0.05) is 38.1 Å². The summed E-state index contributed by atoms with van der Waals surface area (Å²) in [5.41, 5.74) is 3.02. The van der Waals surface area contributed by atoms with Crippen LogP contribution in [-0.4, -0.2) is 60.0 Å². The van der Waals surface area contributed by atoms with Crippen LogP contribution in [0.2, 0.25) is 0 Å². The summed E-state index contributed by atoms with van der Waals surface area (Å²) in [6.45, 7) is 5.64. The molecule has 10 heteroatoms. The summed E-state index contributed by atoms with van der Waals surface area (Å²) < 4.78 is 28.1. The second kappa shape index (κ2) is 10.6. The number of fused-ring (bicyclic) bond motifs is 1. The van der Waals surface area contributed by atoms with Gasteiger partial charge in [-0.2, -0.15) is 0 Å². The molecule has 2 N–H and O–H groups in total. The zero-order valence-electron chi connectivity index (χ0n) is 17.3. The van der Waals surface area contributed by atoms with Gasteiger partial charge in [0.05, 0.1) is 18.0 Å². The number of hydrogen-bond donors (Lipinski definition) is 2. The highest BCUT2D eigenvalue weighted by Crippen LogP contribution is 2.15. The van der Waals surface area contributed by atoms with Crippen LogP contribution in [0.5, 0.6) is 0 Å². The number of rotatable bonds is 6. The first-order valence-corrected chi connectivity index (χ1v) is 11.4. The van der Waals surface area contributed by atoms with Gasteiger partial charge in [-0.05, 0) is 38.3 Å². The zero-order valence-corrected chi connectivity index (χ0v) is 20.4. The lowest BCUT2D eigenvalue weighted by atomic mass is 10.1. The Bertz CT molecular complexity index is 935. The molecule has 0 atom stereocenters. The number of piperidine rings is 1. The number of hydrogen-bond acceptors (Lipinski definition) is 4. The van der Waals surface area contributed by atoms with Crippen molar-refractivity contribution in [1.29, 1.82) is 0 Å². The van der Waals surface area contributed by atoms with E-state index in [0.29, 0.717) is 32.0 Å². The van der Waals surface area contributed by atoms with Crippen LogP contribution in [0, 0.1) is 6.92 Å². The molecule has 3 heterocycles. The number of nitrogens with zero attached hydrogens (tertiary/aromatic N) is 4. The standard InChI is InChI=1S/C19H30N6O2S.HI/c1-4-12-28(26,27)24-10-8-16(9-11-24)23-19(20-3)21-13-17-14-25-15(2)6-5-7-18(25)22-17;/h5-7,14,16H,4,8-13H2,1-3H3,(H2,20,21,23);1H. The molecule has 3 rings (SSSR count). The number of aromatic nitrogens is 2. The summed E-state index contributed by atoms with van der Waals surface area (Å²) in [5.74, 6) is 0.941. The Labute approximate surface area is 190 Å². The highest BCUT2D eigenvalue weighted by molar-refractivity contribution is 14.0. The van der Waals surface area contributed by atoms with Crippen molar-refractivity contribution in [3.63, 3.8) is 0 Å². The fourth-order valence-electron chi connectivity index (χ4n) is 3.51. The van der Waals surface area contributed by atoms with E-state index in [4.69, 9.17) is 0 Å².